The van der Waals surface area contributed by atoms with Gasteiger partial charge in [-0.15, -0.1) is 0 Å². The molecule has 0 atom stereocenters. The van der Waals surface area contributed by atoms with Gasteiger partial charge in [-0.25, -0.2) is 28.2 Å². The zero-order valence-corrected chi connectivity index (χ0v) is 19.7. The Balaban J connectivity index is 1.94. The zero-order chi connectivity index (χ0) is 25.5. The number of amides is 1. The zero-order valence-electron chi connectivity index (χ0n) is 18.8. The number of anilines is 1. The number of alkyl halides is 3. The molecule has 1 amide bonds. The third-order valence-corrected chi connectivity index (χ3v) is 7.01. The van der Waals surface area contributed by atoms with Crippen LogP contribution in [0, 0.1) is 0 Å². The second-order valence-electron chi connectivity index (χ2n) is 7.55. The molecule has 4 aromatic rings. The molecule has 0 radical (unpaired) electrons. The van der Waals surface area contributed by atoms with Crippen LogP contribution >= 0.6 is 0 Å². The minimum absolute atomic E-state index is 0.0319. The van der Waals surface area contributed by atoms with E-state index in [-0.39, 0.29) is 39.9 Å². The van der Waals surface area contributed by atoms with E-state index >= 15 is 0 Å². The maximum atomic E-state index is 13.2. The number of nitrogens with one attached hydrogen (secondary N) is 1. The second kappa shape index (κ2) is 8.80. The Bertz CT molecular complexity index is 1570. The summed E-state index contributed by atoms with van der Waals surface area (Å²) in [6, 6.07) is 6.97. The third kappa shape index (κ3) is 4.63. The lowest BCUT2D eigenvalue weighted by molar-refractivity contribution is -0.137. The van der Waals surface area contributed by atoms with Crippen LogP contribution in [-0.4, -0.2) is 46.4 Å². The van der Waals surface area contributed by atoms with E-state index in [1.807, 2.05) is 0 Å². The molecule has 1 N–H and O–H groups in total. The van der Waals surface area contributed by atoms with Gasteiger partial charge in [-0.2, -0.15) is 13.2 Å². The number of fused-ring (bicyclic) bond motifs is 2. The fraction of sp³-hybridized carbons (Fsp3) is 0.273. The number of imidazole rings is 1. The van der Waals surface area contributed by atoms with E-state index in [9.17, 15) is 26.4 Å². The van der Waals surface area contributed by atoms with E-state index in [0.717, 1.165) is 6.07 Å². The van der Waals surface area contributed by atoms with Crippen LogP contribution in [0.3, 0.4) is 0 Å². The van der Waals surface area contributed by atoms with E-state index < -0.39 is 27.7 Å². The van der Waals surface area contributed by atoms with Gasteiger partial charge < -0.3 is 9.30 Å². The summed E-state index contributed by atoms with van der Waals surface area (Å²) in [5.74, 6) is -0.194. The van der Waals surface area contributed by atoms with Gasteiger partial charge >= 0.3 is 12.3 Å². The number of hydrogen-bond donors (Lipinski definition) is 1. The Hall–Kier alpha value is -3.74. The van der Waals surface area contributed by atoms with Crippen molar-refractivity contribution in [3.63, 3.8) is 0 Å². The lowest BCUT2D eigenvalue weighted by atomic mass is 10.1. The summed E-state index contributed by atoms with van der Waals surface area (Å²) >= 11 is 0. The lowest BCUT2D eigenvalue weighted by Gasteiger charge is -2.12. The monoisotopic (exact) mass is 507 g/mol. The van der Waals surface area contributed by atoms with E-state index in [1.165, 1.54) is 30.7 Å². The Labute approximate surface area is 197 Å². The highest BCUT2D eigenvalue weighted by Gasteiger charge is 2.32. The first-order valence-corrected chi connectivity index (χ1v) is 12.1. The highest BCUT2D eigenvalue weighted by molar-refractivity contribution is 7.91. The summed E-state index contributed by atoms with van der Waals surface area (Å²) < 4.78 is 71.6. The molecule has 1 aromatic carbocycles. The number of carbonyl (C=O) groups excluding carboxylic acids is 1. The van der Waals surface area contributed by atoms with Gasteiger partial charge in [-0.05, 0) is 31.2 Å². The van der Waals surface area contributed by atoms with E-state index in [0.29, 0.717) is 22.8 Å². The summed E-state index contributed by atoms with van der Waals surface area (Å²) in [6.45, 7) is 3.31. The van der Waals surface area contributed by atoms with Crippen LogP contribution in [-0.2, 0) is 27.8 Å². The van der Waals surface area contributed by atoms with Crippen LogP contribution in [0.2, 0.25) is 0 Å². The van der Waals surface area contributed by atoms with E-state index in [2.05, 4.69) is 20.3 Å². The third-order valence-electron chi connectivity index (χ3n) is 5.27. The number of nitrogens with zero attached hydrogens (tertiary/aromatic N) is 4. The number of rotatable bonds is 5. The van der Waals surface area contributed by atoms with Crippen molar-refractivity contribution in [3.8, 4) is 11.5 Å². The first-order valence-electron chi connectivity index (χ1n) is 10.5. The Morgan fingerprint density at radius 3 is 2.51 bits per heavy atom. The molecular weight excluding hydrogens is 487 g/mol. The molecule has 0 saturated carbocycles. The van der Waals surface area contributed by atoms with Crippen molar-refractivity contribution in [3.05, 3.63) is 42.1 Å². The van der Waals surface area contributed by atoms with Crippen molar-refractivity contribution in [1.29, 1.82) is 0 Å². The summed E-state index contributed by atoms with van der Waals surface area (Å²) in [7, 11) is -2.28. The Morgan fingerprint density at radius 1 is 1.11 bits per heavy atom. The number of aromatic nitrogens is 4. The van der Waals surface area contributed by atoms with Gasteiger partial charge in [-0.3, -0.25) is 5.32 Å². The molecule has 0 spiro atoms. The van der Waals surface area contributed by atoms with Crippen LogP contribution in [0.1, 0.15) is 19.4 Å². The molecule has 0 aliphatic carbocycles. The average Bonchev–Trinajstić information content (AvgIpc) is 3.13. The SMILES string of the molecule is CCOC(=O)Nc1ccc2cc(S(=O)(=O)CC)c(-c3nc4cc(C(F)(F)F)cnc4n3C)nc2c1. The van der Waals surface area contributed by atoms with Gasteiger partial charge in [0.25, 0.3) is 0 Å². The number of sulfone groups is 1. The van der Waals surface area contributed by atoms with Crippen molar-refractivity contribution in [2.24, 2.45) is 7.05 Å². The second-order valence-corrected chi connectivity index (χ2v) is 9.80. The molecule has 4 rings (SSSR count). The maximum absolute atomic E-state index is 13.2. The largest absolute Gasteiger partial charge is 0.450 e. The van der Waals surface area contributed by atoms with Crippen LogP contribution in [0.4, 0.5) is 23.7 Å². The van der Waals surface area contributed by atoms with Crippen molar-refractivity contribution in [2.45, 2.75) is 24.9 Å². The molecule has 0 fully saturated rings. The molecule has 0 aliphatic heterocycles. The molecule has 3 aromatic heterocycles. The van der Waals surface area contributed by atoms with Gasteiger partial charge in [0.1, 0.15) is 11.2 Å². The molecule has 13 heteroatoms. The van der Waals surface area contributed by atoms with E-state index in [4.69, 9.17) is 4.74 Å². The Kier molecular flexibility index (Phi) is 6.13. The van der Waals surface area contributed by atoms with Crippen molar-refractivity contribution < 1.29 is 31.1 Å². The first-order chi connectivity index (χ1) is 16.4. The lowest BCUT2D eigenvalue weighted by Crippen LogP contribution is -2.13. The first kappa shape index (κ1) is 24.4. The smallest absolute Gasteiger partial charge is 0.417 e. The van der Waals surface area contributed by atoms with Crippen molar-refractivity contribution in [1.82, 2.24) is 19.5 Å². The molecule has 0 unspecified atom stereocenters. The normalized spacial score (nSPS) is 12.3. The van der Waals surface area contributed by atoms with Crippen LogP contribution < -0.4 is 5.32 Å². The topological polar surface area (TPSA) is 116 Å². The van der Waals surface area contributed by atoms with Crippen LogP contribution in [0.15, 0.2) is 41.4 Å². The minimum atomic E-state index is -4.61. The summed E-state index contributed by atoms with van der Waals surface area (Å²) in [6.07, 6.45) is -4.59. The number of ether oxygens (including phenoxy) is 1. The maximum Gasteiger partial charge on any atom is 0.417 e. The number of aryl methyl sites for hydroxylation is 1. The standard InChI is InChI=1S/C22H20F3N5O4S/c1-4-34-21(31)27-14-7-6-12-8-17(35(32,33)5-2)18(28-15(12)10-14)20-29-16-9-13(22(23,24)25)11-26-19(16)30(20)3/h6-11H,4-5H2,1-3H3,(H,27,31). The summed E-state index contributed by atoms with van der Waals surface area (Å²) in [5.41, 5.74) is -0.245. The molecule has 0 saturated heterocycles. The van der Waals surface area contributed by atoms with Crippen LogP contribution in [0.5, 0.6) is 0 Å². The quantitative estimate of drug-likeness (QED) is 0.421. The number of carbonyl (C=O) groups is 1. The van der Waals surface area contributed by atoms with Gasteiger partial charge in [-0.1, -0.05) is 13.0 Å². The molecule has 184 valence electrons. The predicted octanol–water partition coefficient (Wildman–Crippen LogP) is 4.56. The van der Waals surface area contributed by atoms with Crippen molar-refractivity contribution in [2.75, 3.05) is 17.7 Å². The highest BCUT2D eigenvalue weighted by atomic mass is 32.2. The van der Waals surface area contributed by atoms with Gasteiger partial charge in [0.2, 0.25) is 0 Å². The Morgan fingerprint density at radius 2 is 1.86 bits per heavy atom. The predicted molar refractivity (Wildman–Crippen MR) is 123 cm³/mol. The van der Waals surface area contributed by atoms with Gasteiger partial charge in [0.05, 0.1) is 28.3 Å². The molecule has 35 heavy (non-hydrogen) atoms. The fourth-order valence-corrected chi connectivity index (χ4v) is 4.56. The molecule has 9 nitrogen and oxygen atoms in total. The molecule has 0 aliphatic rings. The summed E-state index contributed by atoms with van der Waals surface area (Å²) in [5, 5.41) is 3.02. The van der Waals surface area contributed by atoms with Gasteiger partial charge in [0.15, 0.2) is 21.3 Å². The number of pyridine rings is 2. The number of benzene rings is 1. The summed E-state index contributed by atoms with van der Waals surface area (Å²) in [4.78, 5) is 24.3. The number of halogens is 3. The fourth-order valence-electron chi connectivity index (χ4n) is 3.51. The average molecular weight is 507 g/mol. The number of hydrogen-bond acceptors (Lipinski definition) is 7. The van der Waals surface area contributed by atoms with Crippen LogP contribution in [0.25, 0.3) is 33.6 Å². The van der Waals surface area contributed by atoms with E-state index in [1.54, 1.807) is 19.1 Å². The molecule has 0 bridgehead atoms. The van der Waals surface area contributed by atoms with Gasteiger partial charge in [0, 0.05) is 24.3 Å². The molecular formula is C22H20F3N5O4S. The highest BCUT2D eigenvalue weighted by Crippen LogP contribution is 2.34. The minimum Gasteiger partial charge on any atom is -0.450 e. The van der Waals surface area contributed by atoms with Crippen molar-refractivity contribution >= 4 is 43.7 Å². The molecule has 3 heterocycles.